The summed E-state index contributed by atoms with van der Waals surface area (Å²) in [5, 5.41) is 10.6. The molecule has 1 N–H and O–H groups in total. The summed E-state index contributed by atoms with van der Waals surface area (Å²) in [6.45, 7) is -0.488. The fraction of sp³-hybridized carbons (Fsp3) is 0.158. The average molecular weight is 381 g/mol. The summed E-state index contributed by atoms with van der Waals surface area (Å²) in [6.07, 6.45) is -0.0350. The highest BCUT2D eigenvalue weighted by Gasteiger charge is 2.13. The monoisotopic (exact) mass is 381 g/mol. The van der Waals surface area contributed by atoms with Crippen molar-refractivity contribution in [1.82, 2.24) is 9.97 Å². The minimum absolute atomic E-state index is 0.0741. The number of hydrogen-bond acceptors (Lipinski definition) is 7. The number of ketones is 1. The molecule has 0 unspecified atom stereocenters. The number of ether oxygens (including phenoxy) is 1. The predicted molar refractivity (Wildman–Crippen MR) is 99.1 cm³/mol. The second-order valence-electron chi connectivity index (χ2n) is 5.92. The average Bonchev–Trinajstić information content (AvgIpc) is 2.70. The van der Waals surface area contributed by atoms with E-state index in [9.17, 15) is 24.5 Å². The first-order chi connectivity index (χ1) is 13.4. The molecule has 3 aromatic rings. The van der Waals surface area contributed by atoms with Crippen LogP contribution < -0.4 is 5.56 Å². The van der Waals surface area contributed by atoms with Gasteiger partial charge >= 0.3 is 5.97 Å². The van der Waals surface area contributed by atoms with Gasteiger partial charge in [0.1, 0.15) is 5.69 Å². The summed E-state index contributed by atoms with van der Waals surface area (Å²) in [7, 11) is 0. The van der Waals surface area contributed by atoms with Gasteiger partial charge in [-0.25, -0.2) is 4.98 Å². The second-order valence-corrected chi connectivity index (χ2v) is 5.92. The summed E-state index contributed by atoms with van der Waals surface area (Å²) in [4.78, 5) is 52.8. The summed E-state index contributed by atoms with van der Waals surface area (Å²) in [6, 6.07) is 12.0. The van der Waals surface area contributed by atoms with E-state index in [1.165, 1.54) is 24.3 Å². The van der Waals surface area contributed by atoms with Crippen molar-refractivity contribution in [2.75, 3.05) is 6.61 Å². The van der Waals surface area contributed by atoms with Crippen LogP contribution in [0.15, 0.2) is 53.3 Å². The molecule has 0 aliphatic rings. The number of aromatic amines is 1. The lowest BCUT2D eigenvalue weighted by molar-refractivity contribution is -0.384. The number of nitro groups is 1. The first-order valence-corrected chi connectivity index (χ1v) is 8.35. The summed E-state index contributed by atoms with van der Waals surface area (Å²) in [5.41, 5.74) is 1.10. The minimum atomic E-state index is -0.648. The third-order valence-electron chi connectivity index (χ3n) is 4.00. The van der Waals surface area contributed by atoms with Gasteiger partial charge < -0.3 is 9.72 Å². The molecule has 28 heavy (non-hydrogen) atoms. The molecule has 9 nitrogen and oxygen atoms in total. The molecule has 1 aromatic heterocycles. The van der Waals surface area contributed by atoms with Crippen molar-refractivity contribution in [2.45, 2.75) is 12.8 Å². The van der Waals surface area contributed by atoms with Crippen LogP contribution in [-0.2, 0) is 16.0 Å². The Labute approximate surface area is 158 Å². The van der Waals surface area contributed by atoms with Crippen LogP contribution in [0.1, 0.15) is 22.5 Å². The fourth-order valence-corrected chi connectivity index (χ4v) is 2.53. The number of hydrogen-bond donors (Lipinski definition) is 1. The van der Waals surface area contributed by atoms with Gasteiger partial charge in [-0.2, -0.15) is 0 Å². The molecule has 0 aliphatic carbocycles. The molecule has 2 aromatic carbocycles. The van der Waals surface area contributed by atoms with Gasteiger partial charge in [-0.1, -0.05) is 12.1 Å². The Kier molecular flexibility index (Phi) is 5.54. The first-order valence-electron chi connectivity index (χ1n) is 8.35. The topological polar surface area (TPSA) is 132 Å². The number of para-hydroxylation sites is 2. The van der Waals surface area contributed by atoms with Crippen molar-refractivity contribution in [3.8, 4) is 0 Å². The normalized spacial score (nSPS) is 10.6. The molecule has 9 heteroatoms. The third kappa shape index (κ3) is 4.44. The largest absolute Gasteiger partial charge is 0.457 e. The van der Waals surface area contributed by atoms with Gasteiger partial charge in [0.05, 0.1) is 22.4 Å². The number of aryl methyl sites for hydroxylation is 1. The highest BCUT2D eigenvalue weighted by Crippen LogP contribution is 2.12. The van der Waals surface area contributed by atoms with Crippen LogP contribution in [0.4, 0.5) is 5.69 Å². The van der Waals surface area contributed by atoms with Gasteiger partial charge in [-0.3, -0.25) is 24.5 Å². The number of fused-ring (bicyclic) bond motifs is 1. The number of benzene rings is 2. The number of carbonyl (C=O) groups excluding carboxylic acids is 2. The number of esters is 1. The standard InChI is InChI=1S/C19H15N3O6/c23-17(12-5-7-13(8-6-12)22(26)27)11-28-18(24)10-9-16-19(25)21-15-4-2-1-3-14(15)20-16/h1-8H,9-11H2,(H,21,25). The summed E-state index contributed by atoms with van der Waals surface area (Å²) in [5.74, 6) is -1.13. The van der Waals surface area contributed by atoms with E-state index in [2.05, 4.69) is 9.97 Å². The molecule has 3 rings (SSSR count). The maximum absolute atomic E-state index is 12.0. The third-order valence-corrected chi connectivity index (χ3v) is 4.00. The number of nitrogens with zero attached hydrogens (tertiary/aromatic N) is 2. The maximum atomic E-state index is 12.0. The van der Waals surface area contributed by atoms with Crippen molar-refractivity contribution in [1.29, 1.82) is 0 Å². The number of Topliss-reactive ketones (excluding diaryl/α,β-unsaturated/α-hetero) is 1. The van der Waals surface area contributed by atoms with Crippen LogP contribution in [0, 0.1) is 10.1 Å². The molecule has 0 saturated heterocycles. The van der Waals surface area contributed by atoms with Gasteiger partial charge in [0.25, 0.3) is 11.2 Å². The Morgan fingerprint density at radius 2 is 1.82 bits per heavy atom. The van der Waals surface area contributed by atoms with Crippen LogP contribution in [0.5, 0.6) is 0 Å². The van der Waals surface area contributed by atoms with Gasteiger partial charge in [0, 0.05) is 24.1 Å². The lowest BCUT2D eigenvalue weighted by Gasteiger charge is -2.05. The first kappa shape index (κ1) is 18.9. The summed E-state index contributed by atoms with van der Waals surface area (Å²) >= 11 is 0. The zero-order valence-corrected chi connectivity index (χ0v) is 14.6. The van der Waals surface area contributed by atoms with E-state index in [1.807, 2.05) is 0 Å². The van der Waals surface area contributed by atoms with Crippen molar-refractivity contribution < 1.29 is 19.2 Å². The molecule has 142 valence electrons. The van der Waals surface area contributed by atoms with E-state index >= 15 is 0 Å². The fourth-order valence-electron chi connectivity index (χ4n) is 2.53. The number of non-ortho nitro benzene ring substituents is 1. The smallest absolute Gasteiger partial charge is 0.306 e. The lowest BCUT2D eigenvalue weighted by Crippen LogP contribution is -2.18. The van der Waals surface area contributed by atoms with Crippen LogP contribution >= 0.6 is 0 Å². The highest BCUT2D eigenvalue weighted by molar-refractivity contribution is 5.98. The quantitative estimate of drug-likeness (QED) is 0.287. The Morgan fingerprint density at radius 1 is 1.11 bits per heavy atom. The number of H-pyrrole nitrogens is 1. The maximum Gasteiger partial charge on any atom is 0.306 e. The number of rotatable bonds is 7. The van der Waals surface area contributed by atoms with Crippen molar-refractivity contribution in [2.24, 2.45) is 0 Å². The van der Waals surface area contributed by atoms with Crippen molar-refractivity contribution >= 4 is 28.5 Å². The number of nitro benzene ring substituents is 1. The van der Waals surface area contributed by atoms with Gasteiger partial charge in [-0.05, 0) is 24.3 Å². The SMILES string of the molecule is O=C(CCc1nc2ccccc2[nH]c1=O)OCC(=O)c1ccc([N+](=O)[O-])cc1. The lowest BCUT2D eigenvalue weighted by atomic mass is 10.1. The Balaban J connectivity index is 1.54. The number of nitrogens with one attached hydrogen (secondary N) is 1. The molecule has 0 saturated carbocycles. The van der Waals surface area contributed by atoms with Gasteiger partial charge in [-0.15, -0.1) is 0 Å². The minimum Gasteiger partial charge on any atom is -0.457 e. The second kappa shape index (κ2) is 8.21. The molecule has 0 fully saturated rings. The molecule has 0 bridgehead atoms. The van der Waals surface area contributed by atoms with Gasteiger partial charge in [0.15, 0.2) is 12.4 Å². The van der Waals surface area contributed by atoms with E-state index in [0.717, 1.165) is 0 Å². The van der Waals surface area contributed by atoms with Crippen LogP contribution in [0.3, 0.4) is 0 Å². The number of aromatic nitrogens is 2. The zero-order valence-electron chi connectivity index (χ0n) is 14.6. The van der Waals surface area contributed by atoms with Crippen molar-refractivity contribution in [3.05, 3.63) is 80.3 Å². The molecule has 0 aliphatic heterocycles. The summed E-state index contributed by atoms with van der Waals surface area (Å²) < 4.78 is 4.92. The Morgan fingerprint density at radius 3 is 2.54 bits per heavy atom. The molecule has 1 heterocycles. The molecular formula is C19H15N3O6. The van der Waals surface area contributed by atoms with E-state index < -0.39 is 23.3 Å². The molecule has 0 radical (unpaired) electrons. The van der Waals surface area contributed by atoms with Crippen LogP contribution in [0.2, 0.25) is 0 Å². The molecular weight excluding hydrogens is 366 g/mol. The van der Waals surface area contributed by atoms with Crippen LogP contribution in [-0.4, -0.2) is 33.3 Å². The van der Waals surface area contributed by atoms with Crippen molar-refractivity contribution in [3.63, 3.8) is 0 Å². The zero-order chi connectivity index (χ0) is 20.1. The molecule has 0 amide bonds. The molecule has 0 spiro atoms. The highest BCUT2D eigenvalue weighted by atomic mass is 16.6. The van der Waals surface area contributed by atoms with E-state index in [4.69, 9.17) is 4.74 Å². The Hall–Kier alpha value is -3.88. The predicted octanol–water partition coefficient (Wildman–Crippen LogP) is 2.19. The van der Waals surface area contributed by atoms with Gasteiger partial charge in [0.2, 0.25) is 0 Å². The van der Waals surface area contributed by atoms with Crippen LogP contribution in [0.25, 0.3) is 11.0 Å². The van der Waals surface area contributed by atoms with E-state index in [0.29, 0.717) is 11.0 Å². The Bertz CT molecular complexity index is 1100. The molecule has 0 atom stereocenters. The number of carbonyl (C=O) groups is 2. The van der Waals surface area contributed by atoms with E-state index in [1.54, 1.807) is 24.3 Å². The van der Waals surface area contributed by atoms with E-state index in [-0.39, 0.29) is 35.3 Å².